The number of furan rings is 1. The standard InChI is InChI=1S/C34H31NO7/c1-3-39-29-18-23(11-14-28(29)41-20-22-8-5-4-6-9-22)31-30(33(37)34(38)35(31)19-26-10-7-15-40-26)32(36)24-12-13-27-25(17-24)16-21(2)42-27/h4-15,17-18,21,31,36H,3,16,19-20H2,1-2H3/b32-30+/t21-,31-/m1/s1. The number of nitrogens with zero attached hydrogens (tertiary/aromatic N) is 1. The van der Waals surface area contributed by atoms with Gasteiger partial charge in [-0.3, -0.25) is 9.59 Å². The van der Waals surface area contributed by atoms with Crippen LogP contribution >= 0.6 is 0 Å². The zero-order chi connectivity index (χ0) is 29.2. The molecule has 0 saturated carbocycles. The van der Waals surface area contributed by atoms with Crippen molar-refractivity contribution in [3.63, 3.8) is 0 Å². The molecule has 2 aliphatic heterocycles. The summed E-state index contributed by atoms with van der Waals surface area (Å²) in [6, 6.07) is 23.0. The van der Waals surface area contributed by atoms with Gasteiger partial charge in [0, 0.05) is 12.0 Å². The smallest absolute Gasteiger partial charge is 0.296 e. The van der Waals surface area contributed by atoms with Gasteiger partial charge in [0.25, 0.3) is 11.7 Å². The van der Waals surface area contributed by atoms with Crippen molar-refractivity contribution < 1.29 is 33.3 Å². The van der Waals surface area contributed by atoms with Crippen molar-refractivity contribution >= 4 is 17.4 Å². The number of hydrogen-bond acceptors (Lipinski definition) is 7. The number of likely N-dealkylation sites (tertiary alicyclic amines) is 1. The Morgan fingerprint density at radius 3 is 2.57 bits per heavy atom. The molecule has 6 rings (SSSR count). The molecule has 0 bridgehead atoms. The highest BCUT2D eigenvalue weighted by Crippen LogP contribution is 2.43. The SMILES string of the molecule is CCOc1cc([C@@H]2/C(=C(\O)c3ccc4c(c3)C[C@@H](C)O4)C(=O)C(=O)N2Cc2ccco2)ccc1OCc1ccccc1. The monoisotopic (exact) mass is 565 g/mol. The van der Waals surface area contributed by atoms with Crippen LogP contribution in [0, 0.1) is 0 Å². The first-order valence-corrected chi connectivity index (χ1v) is 14.0. The maximum absolute atomic E-state index is 13.5. The fraction of sp³-hybridized carbons (Fsp3) is 0.235. The molecule has 42 heavy (non-hydrogen) atoms. The summed E-state index contributed by atoms with van der Waals surface area (Å²) < 4.78 is 23.3. The van der Waals surface area contributed by atoms with Gasteiger partial charge in [0.15, 0.2) is 11.5 Å². The number of amides is 1. The van der Waals surface area contributed by atoms with Gasteiger partial charge >= 0.3 is 0 Å². The van der Waals surface area contributed by atoms with Crippen LogP contribution in [-0.4, -0.2) is 34.4 Å². The Balaban J connectivity index is 1.42. The predicted octanol–water partition coefficient (Wildman–Crippen LogP) is 6.20. The molecule has 8 heteroatoms. The van der Waals surface area contributed by atoms with Crippen molar-refractivity contribution in [1.29, 1.82) is 0 Å². The molecule has 0 unspecified atom stereocenters. The zero-order valence-electron chi connectivity index (χ0n) is 23.4. The number of ether oxygens (including phenoxy) is 3. The number of aliphatic hydroxyl groups is 1. The molecule has 1 aromatic heterocycles. The van der Waals surface area contributed by atoms with Gasteiger partial charge in [0.1, 0.15) is 30.0 Å². The van der Waals surface area contributed by atoms with Crippen LogP contribution in [0.3, 0.4) is 0 Å². The summed E-state index contributed by atoms with van der Waals surface area (Å²) in [7, 11) is 0. The Kier molecular flexibility index (Phi) is 7.44. The molecule has 0 spiro atoms. The summed E-state index contributed by atoms with van der Waals surface area (Å²) in [5.41, 5.74) is 2.98. The van der Waals surface area contributed by atoms with Crippen molar-refractivity contribution in [2.24, 2.45) is 0 Å². The van der Waals surface area contributed by atoms with Crippen LogP contribution < -0.4 is 14.2 Å². The molecule has 0 radical (unpaired) electrons. The summed E-state index contributed by atoms with van der Waals surface area (Å²) in [4.78, 5) is 28.4. The molecule has 8 nitrogen and oxygen atoms in total. The highest BCUT2D eigenvalue weighted by Gasteiger charge is 2.46. The van der Waals surface area contributed by atoms with Crippen molar-refractivity contribution in [2.75, 3.05) is 6.61 Å². The lowest BCUT2D eigenvalue weighted by molar-refractivity contribution is -0.140. The summed E-state index contributed by atoms with van der Waals surface area (Å²) in [5.74, 6) is 0.526. The van der Waals surface area contributed by atoms with E-state index in [-0.39, 0.29) is 24.0 Å². The molecule has 1 fully saturated rings. The second-order valence-corrected chi connectivity index (χ2v) is 10.4. The van der Waals surface area contributed by atoms with Crippen LogP contribution in [0.4, 0.5) is 0 Å². The minimum Gasteiger partial charge on any atom is -0.507 e. The predicted molar refractivity (Wildman–Crippen MR) is 155 cm³/mol. The molecule has 1 N–H and O–H groups in total. The van der Waals surface area contributed by atoms with E-state index in [0.29, 0.717) is 48.0 Å². The number of hydrogen-bond donors (Lipinski definition) is 1. The second-order valence-electron chi connectivity index (χ2n) is 10.4. The Bertz CT molecular complexity index is 1640. The molecular weight excluding hydrogens is 534 g/mol. The lowest BCUT2D eigenvalue weighted by Crippen LogP contribution is -2.29. The number of Topliss-reactive ketones (excluding diaryl/α,β-unsaturated/α-hetero) is 1. The van der Waals surface area contributed by atoms with Gasteiger partial charge in [-0.1, -0.05) is 36.4 Å². The Morgan fingerprint density at radius 2 is 1.81 bits per heavy atom. The molecule has 3 heterocycles. The van der Waals surface area contributed by atoms with Crippen molar-refractivity contribution in [3.05, 3.63) is 119 Å². The van der Waals surface area contributed by atoms with Crippen LogP contribution in [0.15, 0.2) is 95.1 Å². The number of fused-ring (bicyclic) bond motifs is 1. The van der Waals surface area contributed by atoms with Crippen LogP contribution in [0.1, 0.15) is 47.9 Å². The van der Waals surface area contributed by atoms with E-state index < -0.39 is 17.7 Å². The number of rotatable bonds is 9. The summed E-state index contributed by atoms with van der Waals surface area (Å²) >= 11 is 0. The minimum atomic E-state index is -0.888. The van der Waals surface area contributed by atoms with Gasteiger partial charge in [0.2, 0.25) is 0 Å². The van der Waals surface area contributed by atoms with Crippen molar-refractivity contribution in [2.45, 2.75) is 45.6 Å². The molecule has 1 amide bonds. The maximum Gasteiger partial charge on any atom is 0.296 e. The third-order valence-corrected chi connectivity index (χ3v) is 7.44. The molecule has 4 aromatic rings. The van der Waals surface area contributed by atoms with Crippen LogP contribution in [0.2, 0.25) is 0 Å². The zero-order valence-corrected chi connectivity index (χ0v) is 23.4. The average Bonchev–Trinajstić information content (AvgIpc) is 3.71. The van der Waals surface area contributed by atoms with Crippen molar-refractivity contribution in [3.8, 4) is 17.2 Å². The number of benzene rings is 3. The quantitative estimate of drug-likeness (QED) is 0.147. The van der Waals surface area contributed by atoms with Gasteiger partial charge in [-0.05, 0) is 73.0 Å². The van der Waals surface area contributed by atoms with Gasteiger partial charge < -0.3 is 28.6 Å². The first-order chi connectivity index (χ1) is 20.4. The normalized spacial score (nSPS) is 19.0. The Morgan fingerprint density at radius 1 is 0.976 bits per heavy atom. The number of carbonyl (C=O) groups excluding carboxylic acids is 2. The fourth-order valence-corrected chi connectivity index (χ4v) is 5.50. The van der Waals surface area contributed by atoms with E-state index in [2.05, 4.69) is 0 Å². The molecule has 214 valence electrons. The van der Waals surface area contributed by atoms with Gasteiger partial charge in [-0.15, -0.1) is 0 Å². The van der Waals surface area contributed by atoms with Crippen molar-refractivity contribution in [1.82, 2.24) is 4.90 Å². The van der Waals surface area contributed by atoms with E-state index in [1.165, 1.54) is 11.2 Å². The van der Waals surface area contributed by atoms with Gasteiger partial charge in [-0.2, -0.15) is 0 Å². The van der Waals surface area contributed by atoms with Gasteiger partial charge in [0.05, 0.1) is 31.0 Å². The first kappa shape index (κ1) is 27.2. The van der Waals surface area contributed by atoms with Gasteiger partial charge in [-0.25, -0.2) is 0 Å². The lowest BCUT2D eigenvalue weighted by atomic mass is 9.94. The van der Waals surface area contributed by atoms with E-state index in [1.807, 2.05) is 50.2 Å². The molecule has 0 aliphatic carbocycles. The van der Waals surface area contributed by atoms with E-state index in [9.17, 15) is 14.7 Å². The van der Waals surface area contributed by atoms with Crippen LogP contribution in [0.5, 0.6) is 17.2 Å². The highest BCUT2D eigenvalue weighted by atomic mass is 16.5. The molecule has 2 aliphatic rings. The molecular formula is C34H31NO7. The molecule has 2 atom stereocenters. The largest absolute Gasteiger partial charge is 0.507 e. The minimum absolute atomic E-state index is 0.00104. The third-order valence-electron chi connectivity index (χ3n) is 7.44. The summed E-state index contributed by atoms with van der Waals surface area (Å²) in [6.45, 7) is 4.62. The van der Waals surface area contributed by atoms with Crippen LogP contribution in [-0.2, 0) is 29.2 Å². The van der Waals surface area contributed by atoms with E-state index >= 15 is 0 Å². The Hall–Kier alpha value is -4.98. The highest BCUT2D eigenvalue weighted by molar-refractivity contribution is 6.46. The number of aliphatic hydroxyl groups excluding tert-OH is 1. The second kappa shape index (κ2) is 11.5. The maximum atomic E-state index is 13.5. The van der Waals surface area contributed by atoms with E-state index in [4.69, 9.17) is 18.6 Å². The number of ketones is 1. The van der Waals surface area contributed by atoms with Crippen LogP contribution in [0.25, 0.3) is 5.76 Å². The fourth-order valence-electron chi connectivity index (χ4n) is 5.50. The third kappa shape index (κ3) is 5.23. The first-order valence-electron chi connectivity index (χ1n) is 14.0. The number of carbonyl (C=O) groups is 2. The van der Waals surface area contributed by atoms with E-state index in [1.54, 1.807) is 42.5 Å². The summed E-state index contributed by atoms with van der Waals surface area (Å²) in [6.07, 6.45) is 2.23. The lowest BCUT2D eigenvalue weighted by Gasteiger charge is -2.25. The van der Waals surface area contributed by atoms with E-state index in [0.717, 1.165) is 16.9 Å². The molecule has 1 saturated heterocycles. The Labute approximate surface area is 243 Å². The summed E-state index contributed by atoms with van der Waals surface area (Å²) in [5, 5.41) is 11.6. The topological polar surface area (TPSA) is 98.4 Å². The molecule has 3 aromatic carbocycles. The average molecular weight is 566 g/mol.